The number of hydrogen-bond acceptors (Lipinski definition) is 6. The van der Waals surface area contributed by atoms with Crippen molar-refractivity contribution < 1.29 is 40.6 Å². The van der Waals surface area contributed by atoms with Crippen LogP contribution in [0.4, 0.5) is 24.5 Å². The van der Waals surface area contributed by atoms with Crippen LogP contribution in [0.5, 0.6) is 17.2 Å². The molecule has 0 unspecified atom stereocenters. The molecule has 35 heavy (non-hydrogen) atoms. The summed E-state index contributed by atoms with van der Waals surface area (Å²) in [7, 11) is -2.61. The summed E-state index contributed by atoms with van der Waals surface area (Å²) in [5.41, 5.74) is 0.442. The number of fused-ring (bicyclic) bond motifs is 1. The highest BCUT2D eigenvalue weighted by Crippen LogP contribution is 2.37. The summed E-state index contributed by atoms with van der Waals surface area (Å²) in [6, 6.07) is 16.7. The molecule has 3 aromatic carbocycles. The van der Waals surface area contributed by atoms with Crippen LogP contribution in [0.1, 0.15) is 0 Å². The summed E-state index contributed by atoms with van der Waals surface area (Å²) < 4.78 is 79.6. The van der Waals surface area contributed by atoms with E-state index in [0.29, 0.717) is 5.75 Å². The maximum Gasteiger partial charge on any atom is 0.573 e. The van der Waals surface area contributed by atoms with Gasteiger partial charge in [0.25, 0.3) is 15.9 Å². The SMILES string of the molecule is COc1ccc(S(=O)(=O)N2C[C@@H](C(=O)Nc3ccc(OC(F)(F)F)cc3)Oc3ccccc32)cc1. The molecule has 1 amide bonds. The molecule has 0 aromatic heterocycles. The Kier molecular flexibility index (Phi) is 6.48. The van der Waals surface area contributed by atoms with E-state index in [1.807, 2.05) is 0 Å². The van der Waals surface area contributed by atoms with Crippen LogP contribution in [-0.2, 0) is 14.8 Å². The van der Waals surface area contributed by atoms with Gasteiger partial charge in [-0.15, -0.1) is 13.2 Å². The van der Waals surface area contributed by atoms with Gasteiger partial charge in [0.05, 0.1) is 24.2 Å². The minimum atomic E-state index is -4.84. The molecule has 0 fully saturated rings. The first kappa shape index (κ1) is 24.2. The van der Waals surface area contributed by atoms with Crippen molar-refractivity contribution >= 4 is 27.3 Å². The zero-order valence-corrected chi connectivity index (χ0v) is 19.0. The van der Waals surface area contributed by atoms with E-state index in [1.165, 1.54) is 49.6 Å². The van der Waals surface area contributed by atoms with Crippen LogP contribution in [0.3, 0.4) is 0 Å². The first-order chi connectivity index (χ1) is 16.6. The van der Waals surface area contributed by atoms with Crippen molar-refractivity contribution in [2.24, 2.45) is 0 Å². The van der Waals surface area contributed by atoms with Gasteiger partial charge in [-0.3, -0.25) is 9.10 Å². The quantitative estimate of drug-likeness (QED) is 0.537. The van der Waals surface area contributed by atoms with Crippen molar-refractivity contribution in [1.82, 2.24) is 0 Å². The van der Waals surface area contributed by atoms with Crippen LogP contribution in [0.15, 0.2) is 77.7 Å². The summed E-state index contributed by atoms with van der Waals surface area (Å²) in [5.74, 6) is -0.464. The number of rotatable bonds is 6. The van der Waals surface area contributed by atoms with E-state index in [2.05, 4.69) is 10.1 Å². The fraction of sp³-hybridized carbons (Fsp3) is 0.174. The Labute approximate surface area is 198 Å². The molecule has 0 radical (unpaired) electrons. The van der Waals surface area contributed by atoms with Crippen molar-refractivity contribution in [1.29, 1.82) is 0 Å². The normalized spacial score (nSPS) is 15.5. The van der Waals surface area contributed by atoms with Gasteiger partial charge < -0.3 is 19.5 Å². The molecule has 1 aliphatic rings. The van der Waals surface area contributed by atoms with Crippen molar-refractivity contribution in [3.05, 3.63) is 72.8 Å². The number of hydrogen-bond donors (Lipinski definition) is 1. The number of benzene rings is 3. The highest BCUT2D eigenvalue weighted by Gasteiger charge is 2.37. The highest BCUT2D eigenvalue weighted by molar-refractivity contribution is 7.92. The van der Waals surface area contributed by atoms with Crippen molar-refractivity contribution in [2.75, 3.05) is 23.3 Å². The minimum absolute atomic E-state index is 0.00517. The average molecular weight is 508 g/mol. The van der Waals surface area contributed by atoms with Gasteiger partial charge in [-0.1, -0.05) is 12.1 Å². The molecular weight excluding hydrogens is 489 g/mol. The van der Waals surface area contributed by atoms with Gasteiger partial charge in [-0.05, 0) is 60.7 Å². The van der Waals surface area contributed by atoms with Gasteiger partial charge >= 0.3 is 6.36 Å². The van der Waals surface area contributed by atoms with Crippen LogP contribution in [0.2, 0.25) is 0 Å². The third-order valence-corrected chi connectivity index (χ3v) is 6.82. The van der Waals surface area contributed by atoms with Crippen LogP contribution in [0, 0.1) is 0 Å². The molecule has 0 saturated carbocycles. The van der Waals surface area contributed by atoms with E-state index in [4.69, 9.17) is 9.47 Å². The molecule has 1 aliphatic heterocycles. The summed E-state index contributed by atoms with van der Waals surface area (Å²) >= 11 is 0. The first-order valence-corrected chi connectivity index (χ1v) is 11.6. The molecule has 8 nitrogen and oxygen atoms in total. The maximum absolute atomic E-state index is 13.4. The smallest absolute Gasteiger partial charge is 0.497 e. The third kappa shape index (κ3) is 5.43. The second kappa shape index (κ2) is 9.37. The number of ether oxygens (including phenoxy) is 3. The van der Waals surface area contributed by atoms with Crippen molar-refractivity contribution in [2.45, 2.75) is 17.4 Å². The molecule has 1 atom stereocenters. The number of alkyl halides is 3. The third-order valence-electron chi connectivity index (χ3n) is 5.03. The van der Waals surface area contributed by atoms with E-state index >= 15 is 0 Å². The van der Waals surface area contributed by atoms with Crippen LogP contribution >= 0.6 is 0 Å². The number of anilines is 2. The lowest BCUT2D eigenvalue weighted by atomic mass is 10.2. The predicted molar refractivity (Wildman–Crippen MR) is 120 cm³/mol. The lowest BCUT2D eigenvalue weighted by Crippen LogP contribution is -2.48. The molecule has 184 valence electrons. The predicted octanol–water partition coefficient (Wildman–Crippen LogP) is 4.19. The molecule has 12 heteroatoms. The fourth-order valence-corrected chi connectivity index (χ4v) is 4.88. The number of nitrogens with zero attached hydrogens (tertiary/aromatic N) is 1. The van der Waals surface area contributed by atoms with Crippen LogP contribution < -0.4 is 23.8 Å². The standard InChI is InChI=1S/C23H19F3N2O6S/c1-32-16-10-12-18(13-11-16)35(30,31)28-14-21(33-20-5-3-2-4-19(20)28)22(29)27-15-6-8-17(9-7-15)34-23(24,25)26/h2-13,21H,14H2,1H3,(H,27,29)/t21-/m0/s1. The molecular formula is C23H19F3N2O6S. The first-order valence-electron chi connectivity index (χ1n) is 10.2. The second-order valence-electron chi connectivity index (χ2n) is 7.35. The van der Waals surface area contributed by atoms with Gasteiger partial charge in [0.2, 0.25) is 0 Å². The summed E-state index contributed by atoms with van der Waals surface area (Å²) in [6.45, 7) is -0.327. The number of para-hydroxylation sites is 2. The molecule has 1 N–H and O–H groups in total. The molecule has 0 bridgehead atoms. The van der Waals surface area contributed by atoms with Gasteiger partial charge in [0, 0.05) is 5.69 Å². The Morgan fingerprint density at radius 1 is 1.00 bits per heavy atom. The van der Waals surface area contributed by atoms with Gasteiger partial charge in [0.1, 0.15) is 17.2 Å². The minimum Gasteiger partial charge on any atom is -0.497 e. The van der Waals surface area contributed by atoms with E-state index < -0.39 is 34.1 Å². The summed E-state index contributed by atoms with van der Waals surface area (Å²) in [6.07, 6.45) is -6.07. The van der Waals surface area contributed by atoms with E-state index in [-0.39, 0.29) is 28.6 Å². The average Bonchev–Trinajstić information content (AvgIpc) is 2.83. The van der Waals surface area contributed by atoms with E-state index in [9.17, 15) is 26.4 Å². The van der Waals surface area contributed by atoms with Gasteiger partial charge in [-0.2, -0.15) is 0 Å². The van der Waals surface area contributed by atoms with Crippen LogP contribution in [0.25, 0.3) is 0 Å². The Hall–Kier alpha value is -3.93. The number of sulfonamides is 1. The van der Waals surface area contributed by atoms with Crippen molar-refractivity contribution in [3.63, 3.8) is 0 Å². The number of methoxy groups -OCH3 is 1. The fourth-order valence-electron chi connectivity index (χ4n) is 3.40. The van der Waals surface area contributed by atoms with Crippen molar-refractivity contribution in [3.8, 4) is 17.2 Å². The Morgan fingerprint density at radius 2 is 1.63 bits per heavy atom. The van der Waals surface area contributed by atoms with E-state index in [1.54, 1.807) is 18.2 Å². The zero-order chi connectivity index (χ0) is 25.2. The lowest BCUT2D eigenvalue weighted by Gasteiger charge is -2.34. The number of carbonyl (C=O) groups excluding carboxylic acids is 1. The molecule has 0 saturated heterocycles. The number of carbonyl (C=O) groups is 1. The molecule has 0 aliphatic carbocycles. The second-order valence-corrected chi connectivity index (χ2v) is 9.21. The molecule has 4 rings (SSSR count). The Morgan fingerprint density at radius 3 is 2.26 bits per heavy atom. The number of amides is 1. The topological polar surface area (TPSA) is 94.2 Å². The van der Waals surface area contributed by atoms with Crippen LogP contribution in [-0.4, -0.2) is 40.4 Å². The molecule has 0 spiro atoms. The Balaban J connectivity index is 1.56. The highest BCUT2D eigenvalue weighted by atomic mass is 32.2. The molecule has 1 heterocycles. The summed E-state index contributed by atoms with van der Waals surface area (Å²) in [4.78, 5) is 12.9. The Bertz CT molecular complexity index is 1310. The summed E-state index contributed by atoms with van der Waals surface area (Å²) in [5, 5.41) is 2.52. The van der Waals surface area contributed by atoms with Gasteiger partial charge in [-0.25, -0.2) is 8.42 Å². The number of halogens is 3. The van der Waals surface area contributed by atoms with E-state index in [0.717, 1.165) is 16.4 Å². The largest absolute Gasteiger partial charge is 0.573 e. The lowest BCUT2D eigenvalue weighted by molar-refractivity contribution is -0.274. The molecule has 3 aromatic rings. The zero-order valence-electron chi connectivity index (χ0n) is 18.2. The number of nitrogens with one attached hydrogen (secondary N) is 1. The van der Waals surface area contributed by atoms with Gasteiger partial charge in [0.15, 0.2) is 6.10 Å². The maximum atomic E-state index is 13.4. The monoisotopic (exact) mass is 508 g/mol.